The van der Waals surface area contributed by atoms with Crippen molar-refractivity contribution in [3.05, 3.63) is 54.1 Å². The highest BCUT2D eigenvalue weighted by Crippen LogP contribution is 2.49. The molecule has 1 N–H and O–H groups in total. The van der Waals surface area contributed by atoms with Crippen molar-refractivity contribution in [2.24, 2.45) is 28.8 Å². The standard InChI is InChI=1S/C21H18N2O3/c24-17-10-9-12-3-1-2-4-15(12)16(17)11-22-23-20(25)18-13-5-6-14(8-7-13)19(18)21(23)26/h1-6,9-11,13-14,18-19,24H,7-8H2/t13-,14-,18-,19-/m0/s1. The number of carbonyl (C=O) groups excluding carboxylic acids is 2. The number of allylic oxidation sites excluding steroid dienone is 2. The zero-order valence-corrected chi connectivity index (χ0v) is 14.1. The van der Waals surface area contributed by atoms with Gasteiger partial charge in [0.2, 0.25) is 0 Å². The molecule has 3 aliphatic carbocycles. The maximum atomic E-state index is 12.8. The van der Waals surface area contributed by atoms with Crippen LogP contribution in [0.15, 0.2) is 53.7 Å². The number of amides is 2. The normalized spacial score (nSPS) is 29.9. The molecule has 0 unspecified atom stereocenters. The molecule has 1 heterocycles. The van der Waals surface area contributed by atoms with Crippen LogP contribution in [-0.4, -0.2) is 28.1 Å². The van der Waals surface area contributed by atoms with Gasteiger partial charge in [-0.2, -0.15) is 10.1 Å². The summed E-state index contributed by atoms with van der Waals surface area (Å²) in [6.45, 7) is 0. The lowest BCUT2D eigenvalue weighted by atomic mass is 9.63. The van der Waals surface area contributed by atoms with Crippen molar-refractivity contribution in [3.8, 4) is 5.75 Å². The highest BCUT2D eigenvalue weighted by atomic mass is 16.3. The van der Waals surface area contributed by atoms with Crippen LogP contribution in [0.1, 0.15) is 18.4 Å². The number of hydrogen-bond acceptors (Lipinski definition) is 4. The van der Waals surface area contributed by atoms with E-state index < -0.39 is 0 Å². The second-order valence-electron chi connectivity index (χ2n) is 7.29. The molecule has 1 saturated heterocycles. The summed E-state index contributed by atoms with van der Waals surface area (Å²) in [6.07, 6.45) is 7.53. The summed E-state index contributed by atoms with van der Waals surface area (Å²) in [5, 5.41) is 17.2. The first-order valence-corrected chi connectivity index (χ1v) is 8.96. The van der Waals surface area contributed by atoms with E-state index in [0.717, 1.165) is 28.6 Å². The topological polar surface area (TPSA) is 70.0 Å². The Morgan fingerprint density at radius 3 is 2.27 bits per heavy atom. The number of carbonyl (C=O) groups is 2. The van der Waals surface area contributed by atoms with Crippen LogP contribution < -0.4 is 0 Å². The second-order valence-corrected chi connectivity index (χ2v) is 7.29. The molecule has 6 rings (SSSR count). The van der Waals surface area contributed by atoms with E-state index in [1.807, 2.05) is 30.3 Å². The summed E-state index contributed by atoms with van der Waals surface area (Å²) in [5.74, 6) is -0.606. The molecule has 0 spiro atoms. The van der Waals surface area contributed by atoms with Gasteiger partial charge in [-0.25, -0.2) is 0 Å². The van der Waals surface area contributed by atoms with Gasteiger partial charge in [0.1, 0.15) is 5.75 Å². The number of aromatic hydroxyl groups is 1. The fourth-order valence-electron chi connectivity index (χ4n) is 4.71. The maximum absolute atomic E-state index is 12.8. The molecule has 1 aliphatic heterocycles. The summed E-state index contributed by atoms with van der Waals surface area (Å²) in [6, 6.07) is 11.0. The van der Waals surface area contributed by atoms with Crippen molar-refractivity contribution < 1.29 is 14.7 Å². The summed E-state index contributed by atoms with van der Waals surface area (Å²) >= 11 is 0. The summed E-state index contributed by atoms with van der Waals surface area (Å²) in [4.78, 5) is 25.6. The van der Waals surface area contributed by atoms with E-state index in [9.17, 15) is 14.7 Å². The molecule has 2 amide bonds. The zero-order valence-electron chi connectivity index (χ0n) is 14.1. The predicted octanol–water partition coefficient (Wildman–Crippen LogP) is 3.08. The van der Waals surface area contributed by atoms with Gasteiger partial charge in [-0.1, -0.05) is 42.5 Å². The lowest BCUT2D eigenvalue weighted by molar-refractivity contribution is -0.140. The van der Waals surface area contributed by atoms with Crippen LogP contribution in [0, 0.1) is 23.7 Å². The number of imide groups is 1. The van der Waals surface area contributed by atoms with Gasteiger partial charge in [-0.15, -0.1) is 0 Å². The van der Waals surface area contributed by atoms with Crippen LogP contribution in [0.4, 0.5) is 0 Å². The molecule has 130 valence electrons. The number of hydrazone groups is 1. The monoisotopic (exact) mass is 346 g/mol. The average Bonchev–Trinajstić information content (AvgIpc) is 2.95. The molecule has 0 radical (unpaired) electrons. The van der Waals surface area contributed by atoms with Gasteiger partial charge in [-0.05, 0) is 41.5 Å². The number of phenols is 1. The Balaban J connectivity index is 1.52. The van der Waals surface area contributed by atoms with Crippen molar-refractivity contribution in [1.29, 1.82) is 0 Å². The molecular weight excluding hydrogens is 328 g/mol. The molecule has 4 aliphatic rings. The van der Waals surface area contributed by atoms with Crippen LogP contribution in [0.5, 0.6) is 5.75 Å². The molecule has 2 bridgehead atoms. The quantitative estimate of drug-likeness (QED) is 0.516. The highest BCUT2D eigenvalue weighted by molar-refractivity contribution is 6.08. The Bertz CT molecular complexity index is 962. The second kappa shape index (κ2) is 5.53. The Hall–Kier alpha value is -2.95. The minimum Gasteiger partial charge on any atom is -0.507 e. The van der Waals surface area contributed by atoms with Crippen LogP contribution >= 0.6 is 0 Å². The van der Waals surface area contributed by atoms with E-state index >= 15 is 0 Å². The molecule has 5 heteroatoms. The lowest BCUT2D eigenvalue weighted by Crippen LogP contribution is -2.38. The third-order valence-electron chi connectivity index (χ3n) is 5.99. The molecule has 0 aromatic heterocycles. The summed E-state index contributed by atoms with van der Waals surface area (Å²) in [7, 11) is 0. The molecule has 2 aromatic rings. The van der Waals surface area contributed by atoms with Crippen LogP contribution in [0.2, 0.25) is 0 Å². The van der Waals surface area contributed by atoms with E-state index in [-0.39, 0.29) is 41.2 Å². The van der Waals surface area contributed by atoms with Gasteiger partial charge >= 0.3 is 0 Å². The van der Waals surface area contributed by atoms with Gasteiger partial charge in [0, 0.05) is 5.56 Å². The van der Waals surface area contributed by atoms with Crippen molar-refractivity contribution in [2.75, 3.05) is 0 Å². The number of benzene rings is 2. The lowest BCUT2D eigenvalue weighted by Gasteiger charge is -2.37. The summed E-state index contributed by atoms with van der Waals surface area (Å²) in [5.41, 5.74) is 0.514. The SMILES string of the molecule is O=C1[C@@H]2[C@@H](C(=O)N1N=Cc1c(O)ccc3ccccc13)[C@H]1C=C[C@H]2CC1. The van der Waals surface area contributed by atoms with Crippen LogP contribution in [0.3, 0.4) is 0 Å². The Kier molecular flexibility index (Phi) is 3.26. The molecule has 2 aromatic carbocycles. The van der Waals surface area contributed by atoms with Gasteiger partial charge in [-0.3, -0.25) is 9.59 Å². The van der Waals surface area contributed by atoms with Crippen LogP contribution in [-0.2, 0) is 9.59 Å². The largest absolute Gasteiger partial charge is 0.507 e. The molecular formula is C21H18N2O3. The maximum Gasteiger partial charge on any atom is 0.254 e. The number of fused-ring (bicyclic) bond motifs is 2. The Morgan fingerprint density at radius 1 is 0.962 bits per heavy atom. The molecule has 26 heavy (non-hydrogen) atoms. The average molecular weight is 346 g/mol. The van der Waals surface area contributed by atoms with E-state index in [2.05, 4.69) is 17.3 Å². The number of phenolic OH excluding ortho intramolecular Hbond substituents is 1. The van der Waals surface area contributed by atoms with Gasteiger partial charge in [0.15, 0.2) is 0 Å². The third-order valence-corrected chi connectivity index (χ3v) is 5.99. The first-order valence-electron chi connectivity index (χ1n) is 8.96. The van der Waals surface area contributed by atoms with Crippen molar-refractivity contribution in [2.45, 2.75) is 12.8 Å². The highest BCUT2D eigenvalue weighted by Gasteiger charge is 2.56. The molecule has 4 atom stereocenters. The fourth-order valence-corrected chi connectivity index (χ4v) is 4.71. The fraction of sp³-hybridized carbons (Fsp3) is 0.286. The minimum atomic E-state index is -0.274. The minimum absolute atomic E-state index is 0.0747. The van der Waals surface area contributed by atoms with E-state index in [1.165, 1.54) is 6.21 Å². The zero-order chi connectivity index (χ0) is 17.8. The Labute approximate surface area is 150 Å². The van der Waals surface area contributed by atoms with Gasteiger partial charge in [0.25, 0.3) is 11.8 Å². The van der Waals surface area contributed by atoms with Crippen molar-refractivity contribution in [1.82, 2.24) is 5.01 Å². The van der Waals surface area contributed by atoms with E-state index in [0.29, 0.717) is 5.56 Å². The molecule has 1 saturated carbocycles. The first kappa shape index (κ1) is 15.3. The molecule has 5 nitrogen and oxygen atoms in total. The number of hydrogen-bond donors (Lipinski definition) is 1. The Morgan fingerprint density at radius 2 is 1.62 bits per heavy atom. The summed E-state index contributed by atoms with van der Waals surface area (Å²) < 4.78 is 0. The first-order chi connectivity index (χ1) is 12.6. The predicted molar refractivity (Wildman–Crippen MR) is 97.4 cm³/mol. The third kappa shape index (κ3) is 2.06. The van der Waals surface area contributed by atoms with Gasteiger partial charge in [0.05, 0.1) is 18.1 Å². The van der Waals surface area contributed by atoms with Gasteiger partial charge < -0.3 is 5.11 Å². The van der Waals surface area contributed by atoms with Crippen molar-refractivity contribution in [3.63, 3.8) is 0 Å². The number of nitrogens with zero attached hydrogens (tertiary/aromatic N) is 2. The molecule has 2 fully saturated rings. The number of rotatable bonds is 2. The van der Waals surface area contributed by atoms with Crippen molar-refractivity contribution >= 4 is 28.8 Å². The van der Waals surface area contributed by atoms with E-state index in [4.69, 9.17) is 0 Å². The van der Waals surface area contributed by atoms with E-state index in [1.54, 1.807) is 6.07 Å². The smallest absolute Gasteiger partial charge is 0.254 e. The van der Waals surface area contributed by atoms with Crippen LogP contribution in [0.25, 0.3) is 10.8 Å².